The van der Waals surface area contributed by atoms with E-state index >= 15 is 0 Å². The summed E-state index contributed by atoms with van der Waals surface area (Å²) in [5.41, 5.74) is 1.02. The fourth-order valence-electron chi connectivity index (χ4n) is 1.81. The number of nitrogens with one attached hydrogen (secondary N) is 2. The van der Waals surface area contributed by atoms with E-state index in [2.05, 4.69) is 20.5 Å². The maximum atomic E-state index is 12.1. The number of carbonyl (C=O) groups excluding carboxylic acids is 1. The summed E-state index contributed by atoms with van der Waals surface area (Å²) in [6, 6.07) is 8.68. The predicted octanol–water partition coefficient (Wildman–Crippen LogP) is 2.80. The molecule has 6 nitrogen and oxygen atoms in total. The molecule has 0 spiro atoms. The van der Waals surface area contributed by atoms with E-state index in [0.29, 0.717) is 0 Å². The number of aromatic amines is 1. The van der Waals surface area contributed by atoms with Crippen molar-refractivity contribution in [2.24, 2.45) is 0 Å². The molecule has 0 aliphatic carbocycles. The second kappa shape index (κ2) is 5.37. The highest BCUT2D eigenvalue weighted by atomic mass is 32.1. The summed E-state index contributed by atoms with van der Waals surface area (Å²) in [6.45, 7) is 2.02. The van der Waals surface area contributed by atoms with Crippen molar-refractivity contribution >= 4 is 23.1 Å². The van der Waals surface area contributed by atoms with E-state index in [0.717, 1.165) is 10.6 Å². The van der Waals surface area contributed by atoms with Gasteiger partial charge in [0.1, 0.15) is 0 Å². The zero-order valence-corrected chi connectivity index (χ0v) is 11.9. The first kappa shape index (κ1) is 13.3. The van der Waals surface area contributed by atoms with Crippen LogP contribution in [0.25, 0.3) is 10.6 Å². The minimum atomic E-state index is -0.431. The molecule has 0 bridgehead atoms. The Morgan fingerprint density at radius 2 is 2.24 bits per heavy atom. The van der Waals surface area contributed by atoms with Crippen LogP contribution >= 0.6 is 11.3 Å². The number of hydrogen-bond donors (Lipinski definition) is 3. The molecule has 0 aromatic carbocycles. The van der Waals surface area contributed by atoms with Crippen molar-refractivity contribution < 1.29 is 9.90 Å². The molecule has 0 radical (unpaired) electrons. The Morgan fingerprint density at radius 1 is 1.38 bits per heavy atom. The van der Waals surface area contributed by atoms with Crippen molar-refractivity contribution in [3.8, 4) is 16.3 Å². The number of rotatable bonds is 3. The summed E-state index contributed by atoms with van der Waals surface area (Å²) >= 11 is 1.62. The summed E-state index contributed by atoms with van der Waals surface area (Å²) in [4.78, 5) is 18.2. The summed E-state index contributed by atoms with van der Waals surface area (Å²) in [5.74, 6) is -0.408. The van der Waals surface area contributed by atoms with Crippen molar-refractivity contribution in [2.45, 2.75) is 6.92 Å². The molecular formula is C14H12N4O2S. The van der Waals surface area contributed by atoms with Crippen molar-refractivity contribution in [2.75, 3.05) is 5.32 Å². The van der Waals surface area contributed by atoms with Gasteiger partial charge in [0.25, 0.3) is 5.91 Å². The van der Waals surface area contributed by atoms with Gasteiger partial charge < -0.3 is 10.4 Å². The molecule has 106 valence electrons. The van der Waals surface area contributed by atoms with Crippen LogP contribution < -0.4 is 5.32 Å². The van der Waals surface area contributed by atoms with Gasteiger partial charge in [-0.2, -0.15) is 5.10 Å². The van der Waals surface area contributed by atoms with Crippen LogP contribution in [0.3, 0.4) is 0 Å². The van der Waals surface area contributed by atoms with Crippen LogP contribution in [0.5, 0.6) is 5.75 Å². The van der Waals surface area contributed by atoms with E-state index in [1.165, 1.54) is 17.1 Å². The van der Waals surface area contributed by atoms with Gasteiger partial charge in [-0.1, -0.05) is 0 Å². The van der Waals surface area contributed by atoms with Gasteiger partial charge in [-0.25, -0.2) is 4.98 Å². The number of H-pyrrole nitrogens is 1. The Kier molecular flexibility index (Phi) is 3.41. The highest BCUT2D eigenvalue weighted by Gasteiger charge is 2.14. The molecule has 0 saturated heterocycles. The first-order chi connectivity index (χ1) is 10.1. The molecule has 0 saturated carbocycles. The molecule has 3 aromatic rings. The lowest BCUT2D eigenvalue weighted by molar-refractivity contribution is 0.102. The first-order valence-electron chi connectivity index (χ1n) is 6.21. The zero-order valence-electron chi connectivity index (χ0n) is 11.1. The molecule has 3 N–H and O–H groups in total. The Morgan fingerprint density at radius 3 is 2.95 bits per heavy atom. The summed E-state index contributed by atoms with van der Waals surface area (Å²) in [6.07, 6.45) is 1.49. The normalized spacial score (nSPS) is 10.5. The molecule has 1 amide bonds. The molecule has 7 heteroatoms. The number of hydrogen-bond acceptors (Lipinski definition) is 5. The van der Waals surface area contributed by atoms with Crippen molar-refractivity contribution in [3.05, 3.63) is 47.1 Å². The summed E-state index contributed by atoms with van der Waals surface area (Å²) < 4.78 is 0. The second-order valence-electron chi connectivity index (χ2n) is 4.40. The number of aromatic nitrogens is 3. The number of aryl methyl sites for hydroxylation is 1. The summed E-state index contributed by atoms with van der Waals surface area (Å²) in [5, 5.41) is 18.9. The minimum absolute atomic E-state index is 0.0875. The Balaban J connectivity index is 1.80. The van der Waals surface area contributed by atoms with E-state index in [9.17, 15) is 9.90 Å². The molecule has 0 aliphatic rings. The number of aromatic hydroxyl groups is 1. The molecule has 3 heterocycles. The molecule has 0 atom stereocenters. The number of carbonyl (C=O) groups is 1. The molecule has 0 aliphatic heterocycles. The van der Waals surface area contributed by atoms with Crippen LogP contribution in [0.2, 0.25) is 0 Å². The van der Waals surface area contributed by atoms with Gasteiger partial charge in [-0.3, -0.25) is 9.89 Å². The minimum Gasteiger partial charge on any atom is -0.504 e. The Bertz CT molecular complexity index is 794. The number of pyridine rings is 1. The Labute approximate surface area is 124 Å². The maximum Gasteiger partial charge on any atom is 0.277 e. The number of nitrogens with zero attached hydrogens (tertiary/aromatic N) is 2. The third-order valence-electron chi connectivity index (χ3n) is 2.83. The van der Waals surface area contributed by atoms with Crippen molar-refractivity contribution in [1.29, 1.82) is 0 Å². The average molecular weight is 300 g/mol. The highest BCUT2D eigenvalue weighted by Crippen LogP contribution is 2.26. The van der Waals surface area contributed by atoms with Crippen LogP contribution in [0.4, 0.5) is 5.82 Å². The third-order valence-corrected chi connectivity index (χ3v) is 3.87. The average Bonchev–Trinajstić information content (AvgIpc) is 3.10. The fourth-order valence-corrected chi connectivity index (χ4v) is 2.64. The van der Waals surface area contributed by atoms with E-state index < -0.39 is 5.91 Å². The van der Waals surface area contributed by atoms with Crippen molar-refractivity contribution in [1.82, 2.24) is 15.2 Å². The van der Waals surface area contributed by atoms with Gasteiger partial charge in [-0.05, 0) is 37.3 Å². The molecule has 21 heavy (non-hydrogen) atoms. The lowest BCUT2D eigenvalue weighted by Crippen LogP contribution is -2.13. The number of amides is 1. The largest absolute Gasteiger partial charge is 0.504 e. The van der Waals surface area contributed by atoms with Gasteiger partial charge in [0.05, 0.1) is 10.6 Å². The van der Waals surface area contributed by atoms with Crippen LogP contribution in [-0.2, 0) is 0 Å². The second-order valence-corrected chi connectivity index (χ2v) is 5.69. The Hall–Kier alpha value is -2.67. The predicted molar refractivity (Wildman–Crippen MR) is 80.5 cm³/mol. The zero-order chi connectivity index (χ0) is 14.8. The molecule has 3 aromatic heterocycles. The van der Waals surface area contributed by atoms with Crippen LogP contribution in [0.15, 0.2) is 36.5 Å². The van der Waals surface area contributed by atoms with Gasteiger partial charge in [0.2, 0.25) is 0 Å². The smallest absolute Gasteiger partial charge is 0.277 e. The van der Waals surface area contributed by atoms with Crippen molar-refractivity contribution in [3.63, 3.8) is 0 Å². The fraction of sp³-hybridized carbons (Fsp3) is 0.0714. The van der Waals surface area contributed by atoms with E-state index in [-0.39, 0.29) is 17.3 Å². The quantitative estimate of drug-likeness (QED) is 0.693. The maximum absolute atomic E-state index is 12.1. The van der Waals surface area contributed by atoms with Gasteiger partial charge in [0.15, 0.2) is 17.3 Å². The molecule has 0 fully saturated rings. The first-order valence-corrected chi connectivity index (χ1v) is 7.02. The van der Waals surface area contributed by atoms with Crippen LogP contribution in [0, 0.1) is 6.92 Å². The van der Waals surface area contributed by atoms with Gasteiger partial charge in [-0.15, -0.1) is 11.3 Å². The topological polar surface area (TPSA) is 90.9 Å². The lowest BCUT2D eigenvalue weighted by Gasteiger charge is -2.03. The molecular weight excluding hydrogens is 288 g/mol. The molecule has 0 unspecified atom stereocenters. The van der Waals surface area contributed by atoms with Gasteiger partial charge in [0, 0.05) is 11.1 Å². The van der Waals surface area contributed by atoms with Gasteiger partial charge >= 0.3 is 0 Å². The van der Waals surface area contributed by atoms with E-state index in [1.807, 2.05) is 19.1 Å². The third kappa shape index (κ3) is 2.77. The van der Waals surface area contributed by atoms with Crippen LogP contribution in [-0.4, -0.2) is 26.2 Å². The highest BCUT2D eigenvalue weighted by molar-refractivity contribution is 7.15. The molecule has 3 rings (SSSR count). The summed E-state index contributed by atoms with van der Waals surface area (Å²) in [7, 11) is 0. The number of anilines is 1. The standard InChI is InChI=1S/C14H12N4O2S/c1-8-4-5-12(21-8)9-7-10(18-17-9)14(20)16-13-11(19)3-2-6-15-13/h2-7,19H,1H3,(H,17,18)(H,15,16,20). The monoisotopic (exact) mass is 300 g/mol. The number of thiophene rings is 1. The SMILES string of the molecule is Cc1ccc(-c2cc(C(=O)Nc3ncccc3O)n[nH]2)s1. The van der Waals surface area contributed by atoms with E-state index in [4.69, 9.17) is 0 Å². The van der Waals surface area contributed by atoms with E-state index in [1.54, 1.807) is 23.5 Å². The lowest BCUT2D eigenvalue weighted by atomic mass is 10.3. The van der Waals surface area contributed by atoms with Crippen LogP contribution in [0.1, 0.15) is 15.4 Å².